The topological polar surface area (TPSA) is 40.1 Å². The zero-order chi connectivity index (χ0) is 8.10. The third-order valence-corrected chi connectivity index (χ3v) is 2.24. The molecule has 0 bridgehead atoms. The van der Waals surface area contributed by atoms with E-state index in [1.54, 1.807) is 0 Å². The lowest BCUT2D eigenvalue weighted by atomic mass is 9.86. The van der Waals surface area contributed by atoms with E-state index >= 15 is 0 Å². The summed E-state index contributed by atoms with van der Waals surface area (Å²) in [5.41, 5.74) is 0. The number of allylic oxidation sites excluding steroid dienone is 1. The van der Waals surface area contributed by atoms with E-state index in [0.29, 0.717) is 6.26 Å². The van der Waals surface area contributed by atoms with E-state index in [2.05, 4.69) is 0 Å². The Morgan fingerprint density at radius 2 is 1.91 bits per heavy atom. The van der Waals surface area contributed by atoms with Crippen LogP contribution in [0.25, 0.3) is 0 Å². The van der Waals surface area contributed by atoms with Gasteiger partial charge in [-0.2, -0.15) is 0 Å². The van der Waals surface area contributed by atoms with Crippen LogP contribution < -0.4 is 5.11 Å². The van der Waals surface area contributed by atoms with Crippen molar-refractivity contribution in [1.29, 1.82) is 0 Å². The van der Waals surface area contributed by atoms with Crippen molar-refractivity contribution in [2.75, 3.05) is 0 Å². The van der Waals surface area contributed by atoms with Gasteiger partial charge >= 0.3 is 0 Å². The average molecular weight is 153 g/mol. The molecule has 1 rings (SSSR count). The maximum Gasteiger partial charge on any atom is 0.157 e. The van der Waals surface area contributed by atoms with Crippen molar-refractivity contribution in [3.8, 4) is 0 Å². The van der Waals surface area contributed by atoms with E-state index < -0.39 is 0 Å². The molecule has 1 aliphatic carbocycles. The van der Waals surface area contributed by atoms with Crippen molar-refractivity contribution in [1.82, 2.24) is 0 Å². The molecule has 0 saturated heterocycles. The Morgan fingerprint density at radius 3 is 2.45 bits per heavy atom. The molecule has 0 radical (unpaired) electrons. The summed E-state index contributed by atoms with van der Waals surface area (Å²) in [6.45, 7) is 0. The Bertz CT molecular complexity index is 155. The zero-order valence-electron chi connectivity index (χ0n) is 6.58. The van der Waals surface area contributed by atoms with Gasteiger partial charge in [0.2, 0.25) is 0 Å². The van der Waals surface area contributed by atoms with Crippen molar-refractivity contribution in [3.63, 3.8) is 0 Å². The summed E-state index contributed by atoms with van der Waals surface area (Å²) in [6.07, 6.45) is 7.23. The summed E-state index contributed by atoms with van der Waals surface area (Å²) >= 11 is 0. The van der Waals surface area contributed by atoms with Gasteiger partial charge in [0.1, 0.15) is 0 Å². The summed E-state index contributed by atoms with van der Waals surface area (Å²) in [6, 6.07) is 0. The first kappa shape index (κ1) is 8.31. The number of hydrogen-bond donors (Lipinski definition) is 0. The quantitative estimate of drug-likeness (QED) is 0.438. The van der Waals surface area contributed by atoms with Crippen LogP contribution in [-0.4, -0.2) is 5.78 Å². The van der Waals surface area contributed by atoms with Gasteiger partial charge in [-0.1, -0.05) is 19.3 Å². The predicted molar refractivity (Wildman–Crippen MR) is 40.7 cm³/mol. The number of carbonyl (C=O) groups is 1. The lowest BCUT2D eigenvalue weighted by molar-refractivity contribution is -0.274. The van der Waals surface area contributed by atoms with Crippen LogP contribution in [0.3, 0.4) is 0 Å². The summed E-state index contributed by atoms with van der Waals surface area (Å²) in [5, 5.41) is 9.98. The minimum absolute atomic E-state index is 0.0275. The molecule has 0 aromatic rings. The molecule has 0 aromatic carbocycles. The molecule has 0 unspecified atom stereocenters. The van der Waals surface area contributed by atoms with Crippen LogP contribution in [0.2, 0.25) is 0 Å². The van der Waals surface area contributed by atoms with E-state index in [4.69, 9.17) is 0 Å². The van der Waals surface area contributed by atoms with Gasteiger partial charge in [0.15, 0.2) is 5.78 Å². The molecule has 0 amide bonds. The van der Waals surface area contributed by atoms with Crippen molar-refractivity contribution in [2.45, 2.75) is 32.1 Å². The highest BCUT2D eigenvalue weighted by Crippen LogP contribution is 2.24. The molecule has 1 aliphatic rings. The zero-order valence-corrected chi connectivity index (χ0v) is 6.58. The van der Waals surface area contributed by atoms with E-state index in [1.165, 1.54) is 6.42 Å². The Hall–Kier alpha value is -0.790. The maximum absolute atomic E-state index is 11.1. The Morgan fingerprint density at radius 1 is 1.27 bits per heavy atom. The van der Waals surface area contributed by atoms with Gasteiger partial charge < -0.3 is 5.11 Å². The fraction of sp³-hybridized carbons (Fsp3) is 0.667. The minimum Gasteiger partial charge on any atom is -0.878 e. The fourth-order valence-electron chi connectivity index (χ4n) is 1.59. The standard InChI is InChI=1S/C9H14O2/c10-7-6-9(11)8-4-2-1-3-5-8/h6-8,10H,1-5H2/p-1. The van der Waals surface area contributed by atoms with Crippen LogP contribution in [0.1, 0.15) is 32.1 Å². The molecule has 1 fully saturated rings. The lowest BCUT2D eigenvalue weighted by Gasteiger charge is -2.18. The van der Waals surface area contributed by atoms with Crippen molar-refractivity contribution in [2.24, 2.45) is 5.92 Å². The molecule has 0 aromatic heterocycles. The minimum atomic E-state index is 0.0275. The molecule has 0 heterocycles. The van der Waals surface area contributed by atoms with Crippen LogP contribution in [0.5, 0.6) is 0 Å². The molecule has 0 N–H and O–H groups in total. The SMILES string of the molecule is O=C(C=C[O-])C1CCCCC1. The van der Waals surface area contributed by atoms with Gasteiger partial charge in [-0.05, 0) is 18.9 Å². The molecule has 2 nitrogen and oxygen atoms in total. The third kappa shape index (κ3) is 2.37. The number of carbonyl (C=O) groups excluding carboxylic acids is 1. The van der Waals surface area contributed by atoms with Crippen LogP contribution in [0.15, 0.2) is 12.3 Å². The summed E-state index contributed by atoms with van der Waals surface area (Å²) in [7, 11) is 0. The van der Waals surface area contributed by atoms with Crippen LogP contribution in [0.4, 0.5) is 0 Å². The van der Waals surface area contributed by atoms with Crippen molar-refractivity contribution in [3.05, 3.63) is 12.3 Å². The average Bonchev–Trinajstić information content (AvgIpc) is 2.07. The highest BCUT2D eigenvalue weighted by molar-refractivity contribution is 5.91. The first-order chi connectivity index (χ1) is 5.34. The molecule has 2 heteroatoms. The second-order valence-electron chi connectivity index (χ2n) is 3.04. The number of ketones is 1. The first-order valence-electron chi connectivity index (χ1n) is 4.17. The number of rotatable bonds is 2. The molecule has 1 saturated carbocycles. The smallest absolute Gasteiger partial charge is 0.157 e. The fourth-order valence-corrected chi connectivity index (χ4v) is 1.59. The van der Waals surface area contributed by atoms with Crippen LogP contribution >= 0.6 is 0 Å². The van der Waals surface area contributed by atoms with E-state index in [0.717, 1.165) is 31.8 Å². The van der Waals surface area contributed by atoms with Gasteiger partial charge in [0.05, 0.1) is 0 Å². The van der Waals surface area contributed by atoms with E-state index in [9.17, 15) is 9.90 Å². The van der Waals surface area contributed by atoms with Gasteiger partial charge in [-0.25, -0.2) is 0 Å². The summed E-state index contributed by atoms with van der Waals surface area (Å²) in [4.78, 5) is 11.1. The van der Waals surface area contributed by atoms with Crippen LogP contribution in [0, 0.1) is 5.92 Å². The Kier molecular flexibility index (Phi) is 3.14. The molecular formula is C9H13O2-. The first-order valence-corrected chi connectivity index (χ1v) is 4.17. The molecule has 0 spiro atoms. The molecular weight excluding hydrogens is 140 g/mol. The summed E-state index contributed by atoms with van der Waals surface area (Å²) < 4.78 is 0. The van der Waals surface area contributed by atoms with E-state index in [1.807, 2.05) is 0 Å². The highest BCUT2D eigenvalue weighted by Gasteiger charge is 2.17. The molecule has 0 aliphatic heterocycles. The van der Waals surface area contributed by atoms with Gasteiger partial charge in [-0.15, -0.1) is 6.26 Å². The molecule has 62 valence electrons. The monoisotopic (exact) mass is 153 g/mol. The van der Waals surface area contributed by atoms with Gasteiger partial charge in [0.25, 0.3) is 0 Å². The third-order valence-electron chi connectivity index (χ3n) is 2.24. The van der Waals surface area contributed by atoms with Crippen molar-refractivity contribution >= 4 is 5.78 Å². The largest absolute Gasteiger partial charge is 0.878 e. The van der Waals surface area contributed by atoms with Gasteiger partial charge in [0, 0.05) is 5.92 Å². The number of hydrogen-bond acceptors (Lipinski definition) is 2. The maximum atomic E-state index is 11.1. The Labute approximate surface area is 66.9 Å². The second kappa shape index (κ2) is 4.16. The van der Waals surface area contributed by atoms with Crippen molar-refractivity contribution < 1.29 is 9.90 Å². The van der Waals surface area contributed by atoms with Crippen LogP contribution in [-0.2, 0) is 4.79 Å². The predicted octanol–water partition coefficient (Wildman–Crippen LogP) is 1.01. The Balaban J connectivity index is 2.38. The van der Waals surface area contributed by atoms with Gasteiger partial charge in [-0.3, -0.25) is 4.79 Å². The van der Waals surface area contributed by atoms with E-state index in [-0.39, 0.29) is 11.7 Å². The summed E-state index contributed by atoms with van der Waals surface area (Å²) in [5.74, 6) is 0.175. The molecule has 0 atom stereocenters. The molecule has 11 heavy (non-hydrogen) atoms. The second-order valence-corrected chi connectivity index (χ2v) is 3.04. The normalized spacial score (nSPS) is 20.7. The lowest BCUT2D eigenvalue weighted by Crippen LogP contribution is -2.15. The highest BCUT2D eigenvalue weighted by atomic mass is 16.2.